The average Bonchev–Trinajstić information content (AvgIpc) is 2.10. The maximum Gasteiger partial charge on any atom is 0.126 e. The smallest absolute Gasteiger partial charge is 0.126 e. The van der Waals surface area contributed by atoms with E-state index in [-0.39, 0.29) is 5.82 Å². The molecule has 3 heteroatoms. The minimum Gasteiger partial charge on any atom is -0.362 e. The molecule has 0 aliphatic heterocycles. The summed E-state index contributed by atoms with van der Waals surface area (Å²) in [6.07, 6.45) is 0. The molecule has 72 valence electrons. The van der Waals surface area contributed by atoms with Crippen molar-refractivity contribution in [3.63, 3.8) is 0 Å². The van der Waals surface area contributed by atoms with Gasteiger partial charge in [-0.05, 0) is 37.7 Å². The fourth-order valence-corrected chi connectivity index (χ4v) is 1.19. The van der Waals surface area contributed by atoms with E-state index in [9.17, 15) is 4.39 Å². The zero-order valence-electron chi connectivity index (χ0n) is 8.26. The monoisotopic (exact) mass is 182 g/mol. The van der Waals surface area contributed by atoms with Crippen molar-refractivity contribution in [2.24, 2.45) is 0 Å². The van der Waals surface area contributed by atoms with E-state index in [1.807, 2.05) is 25.1 Å². The van der Waals surface area contributed by atoms with Gasteiger partial charge in [0, 0.05) is 12.7 Å². The average molecular weight is 182 g/mol. The van der Waals surface area contributed by atoms with Crippen molar-refractivity contribution in [1.82, 2.24) is 5.32 Å². The molecule has 0 fully saturated rings. The first kappa shape index (κ1) is 9.99. The van der Waals surface area contributed by atoms with Gasteiger partial charge in [0.2, 0.25) is 0 Å². The Labute approximate surface area is 78.4 Å². The van der Waals surface area contributed by atoms with Crippen molar-refractivity contribution >= 4 is 5.69 Å². The molecule has 0 saturated heterocycles. The lowest BCUT2D eigenvalue weighted by Crippen LogP contribution is -2.28. The number of nitrogens with one attached hydrogen (secondary N) is 1. The summed E-state index contributed by atoms with van der Waals surface area (Å²) in [7, 11) is 3.84. The molecule has 0 aliphatic rings. The Kier molecular flexibility index (Phi) is 3.25. The molecule has 0 unspecified atom stereocenters. The highest BCUT2D eigenvalue weighted by molar-refractivity contribution is 5.47. The molecule has 0 saturated carbocycles. The Morgan fingerprint density at radius 2 is 2.15 bits per heavy atom. The minimum absolute atomic E-state index is 0.151. The first-order valence-corrected chi connectivity index (χ1v) is 4.27. The van der Waals surface area contributed by atoms with Gasteiger partial charge in [-0.15, -0.1) is 0 Å². The molecule has 0 amide bonds. The van der Waals surface area contributed by atoms with Gasteiger partial charge in [-0.1, -0.05) is 0 Å². The molecule has 0 bridgehead atoms. The summed E-state index contributed by atoms with van der Waals surface area (Å²) < 4.78 is 12.9. The molecule has 2 nitrogen and oxygen atoms in total. The van der Waals surface area contributed by atoms with Crippen LogP contribution in [-0.2, 0) is 0 Å². The van der Waals surface area contributed by atoms with Gasteiger partial charge in [0.1, 0.15) is 5.82 Å². The van der Waals surface area contributed by atoms with Crippen LogP contribution in [0.15, 0.2) is 18.2 Å². The molecule has 1 aromatic carbocycles. The molecular weight excluding hydrogens is 167 g/mol. The van der Waals surface area contributed by atoms with Gasteiger partial charge in [0.05, 0.1) is 6.67 Å². The first-order chi connectivity index (χ1) is 6.15. The summed E-state index contributed by atoms with van der Waals surface area (Å²) in [6.45, 7) is 2.52. The van der Waals surface area contributed by atoms with E-state index in [4.69, 9.17) is 0 Å². The summed E-state index contributed by atoms with van der Waals surface area (Å²) in [5, 5.41) is 3.03. The van der Waals surface area contributed by atoms with Crippen LogP contribution < -0.4 is 10.2 Å². The number of anilines is 1. The maximum atomic E-state index is 12.9. The van der Waals surface area contributed by atoms with Crippen LogP contribution in [0.2, 0.25) is 0 Å². The van der Waals surface area contributed by atoms with Crippen LogP contribution in [0.1, 0.15) is 5.56 Å². The van der Waals surface area contributed by atoms with Crippen LogP contribution in [0.5, 0.6) is 0 Å². The van der Waals surface area contributed by atoms with E-state index in [0.29, 0.717) is 5.56 Å². The van der Waals surface area contributed by atoms with Crippen LogP contribution in [-0.4, -0.2) is 20.8 Å². The topological polar surface area (TPSA) is 15.3 Å². The number of halogens is 1. The summed E-state index contributed by atoms with van der Waals surface area (Å²) in [6, 6.07) is 5.11. The Hall–Kier alpha value is -1.09. The number of aryl methyl sites for hydroxylation is 1. The van der Waals surface area contributed by atoms with Gasteiger partial charge in [-0.3, -0.25) is 0 Å². The van der Waals surface area contributed by atoms with Crippen molar-refractivity contribution < 1.29 is 4.39 Å². The third-order valence-electron chi connectivity index (χ3n) is 1.98. The highest BCUT2D eigenvalue weighted by atomic mass is 19.1. The van der Waals surface area contributed by atoms with Crippen LogP contribution in [0.4, 0.5) is 10.1 Å². The molecule has 1 aromatic rings. The second kappa shape index (κ2) is 4.23. The van der Waals surface area contributed by atoms with Gasteiger partial charge in [-0.2, -0.15) is 0 Å². The number of rotatable bonds is 3. The van der Waals surface area contributed by atoms with Crippen molar-refractivity contribution in [2.75, 3.05) is 25.7 Å². The second-order valence-corrected chi connectivity index (χ2v) is 3.14. The lowest BCUT2D eigenvalue weighted by Gasteiger charge is -2.19. The summed E-state index contributed by atoms with van der Waals surface area (Å²) in [5.74, 6) is -0.151. The van der Waals surface area contributed by atoms with E-state index in [1.165, 1.54) is 6.07 Å². The molecule has 0 aromatic heterocycles. The third kappa shape index (κ3) is 2.42. The predicted octanol–water partition coefficient (Wildman–Crippen LogP) is 1.75. The summed E-state index contributed by atoms with van der Waals surface area (Å²) >= 11 is 0. The molecule has 0 aliphatic carbocycles. The van der Waals surface area contributed by atoms with Crippen molar-refractivity contribution in [1.29, 1.82) is 0 Å². The van der Waals surface area contributed by atoms with E-state index in [2.05, 4.69) is 5.32 Å². The van der Waals surface area contributed by atoms with E-state index < -0.39 is 0 Å². The van der Waals surface area contributed by atoms with Gasteiger partial charge < -0.3 is 10.2 Å². The van der Waals surface area contributed by atoms with Crippen molar-refractivity contribution in [3.05, 3.63) is 29.6 Å². The summed E-state index contributed by atoms with van der Waals surface area (Å²) in [5.41, 5.74) is 1.70. The Balaban J connectivity index is 2.84. The first-order valence-electron chi connectivity index (χ1n) is 4.27. The second-order valence-electron chi connectivity index (χ2n) is 3.14. The van der Waals surface area contributed by atoms with Crippen LogP contribution in [0, 0.1) is 12.7 Å². The third-order valence-corrected chi connectivity index (χ3v) is 1.98. The molecule has 1 N–H and O–H groups in total. The zero-order valence-corrected chi connectivity index (χ0v) is 8.26. The van der Waals surface area contributed by atoms with E-state index >= 15 is 0 Å². The molecule has 0 atom stereocenters. The van der Waals surface area contributed by atoms with Gasteiger partial charge >= 0.3 is 0 Å². The maximum absolute atomic E-state index is 12.9. The fraction of sp³-hybridized carbons (Fsp3) is 0.400. The SMILES string of the molecule is CNCN(C)c1ccc(F)c(C)c1. The minimum atomic E-state index is -0.151. The molecule has 0 spiro atoms. The highest BCUT2D eigenvalue weighted by Crippen LogP contribution is 2.16. The normalized spacial score (nSPS) is 10.2. The fourth-order valence-electron chi connectivity index (χ4n) is 1.19. The van der Waals surface area contributed by atoms with Gasteiger partial charge in [0.25, 0.3) is 0 Å². The van der Waals surface area contributed by atoms with E-state index in [0.717, 1.165) is 12.4 Å². The lowest BCUT2D eigenvalue weighted by molar-refractivity contribution is 0.618. The zero-order chi connectivity index (χ0) is 9.84. The molecule has 0 radical (unpaired) electrons. The lowest BCUT2D eigenvalue weighted by atomic mass is 10.2. The van der Waals surface area contributed by atoms with Crippen molar-refractivity contribution in [3.8, 4) is 0 Å². The van der Waals surface area contributed by atoms with Gasteiger partial charge in [-0.25, -0.2) is 4.39 Å². The van der Waals surface area contributed by atoms with Gasteiger partial charge in [0.15, 0.2) is 0 Å². The summed E-state index contributed by atoms with van der Waals surface area (Å²) in [4.78, 5) is 2.02. The Morgan fingerprint density at radius 3 is 2.69 bits per heavy atom. The van der Waals surface area contributed by atoms with Crippen molar-refractivity contribution in [2.45, 2.75) is 6.92 Å². The highest BCUT2D eigenvalue weighted by Gasteiger charge is 2.02. The number of nitrogens with zero attached hydrogens (tertiary/aromatic N) is 1. The Bertz CT molecular complexity index is 286. The van der Waals surface area contributed by atoms with E-state index in [1.54, 1.807) is 13.0 Å². The molecule has 1 rings (SSSR count). The standard InChI is InChI=1S/C10H15FN2/c1-8-6-9(4-5-10(8)11)13(3)7-12-2/h4-6,12H,7H2,1-3H3. The molecule has 0 heterocycles. The number of hydrogen-bond acceptors (Lipinski definition) is 2. The van der Waals surface area contributed by atoms with Crippen LogP contribution >= 0.6 is 0 Å². The predicted molar refractivity (Wildman–Crippen MR) is 53.5 cm³/mol. The quantitative estimate of drug-likeness (QED) is 0.716. The molecule has 13 heavy (non-hydrogen) atoms. The Morgan fingerprint density at radius 1 is 1.46 bits per heavy atom. The number of hydrogen-bond donors (Lipinski definition) is 1. The number of benzene rings is 1. The van der Waals surface area contributed by atoms with Crippen LogP contribution in [0.25, 0.3) is 0 Å². The van der Waals surface area contributed by atoms with Crippen LogP contribution in [0.3, 0.4) is 0 Å². The largest absolute Gasteiger partial charge is 0.362 e. The molecular formula is C10H15FN2.